The van der Waals surface area contributed by atoms with Gasteiger partial charge < -0.3 is 5.73 Å². The van der Waals surface area contributed by atoms with Gasteiger partial charge in [0.1, 0.15) is 5.38 Å². The number of nitrogens with two attached hydrogens (primary N) is 1. The summed E-state index contributed by atoms with van der Waals surface area (Å²) in [6, 6.07) is 0. The van der Waals surface area contributed by atoms with Gasteiger partial charge in [0, 0.05) is 19.6 Å². The molecular weight excluding hydrogens is 456 g/mol. The number of halogens is 1. The number of hydrogen-bond acceptors (Lipinski definition) is 8. The number of hydrogen-bond donors (Lipinski definition) is 1. The second kappa shape index (κ2) is 20.7. The van der Waals surface area contributed by atoms with Crippen molar-refractivity contribution in [3.05, 3.63) is 0 Å². The second-order valence-corrected chi connectivity index (χ2v) is 9.63. The van der Waals surface area contributed by atoms with E-state index in [0.29, 0.717) is 19.5 Å². The van der Waals surface area contributed by atoms with E-state index in [0.717, 1.165) is 110 Å². The molecule has 1 saturated heterocycles. The first-order valence-electron chi connectivity index (χ1n) is 12.7. The Morgan fingerprint density at radius 2 is 1.09 bits per heavy atom. The van der Waals surface area contributed by atoms with Gasteiger partial charge in [-0.25, -0.2) is 19.6 Å². The summed E-state index contributed by atoms with van der Waals surface area (Å²) in [5.74, 6) is -0.433. The van der Waals surface area contributed by atoms with Crippen molar-refractivity contribution in [3.63, 3.8) is 0 Å². The van der Waals surface area contributed by atoms with Crippen LogP contribution in [0, 0.1) is 0 Å². The SMILES string of the molecule is NC(=O)C(Cl)CCCCCN1CN(CCCCCCN=C=O)CN(CCCCCCN=C=O)C1. The van der Waals surface area contributed by atoms with E-state index >= 15 is 0 Å². The van der Waals surface area contributed by atoms with Crippen LogP contribution < -0.4 is 5.73 Å². The van der Waals surface area contributed by atoms with Gasteiger partial charge in [-0.05, 0) is 38.5 Å². The quantitative estimate of drug-likeness (QED) is 0.112. The lowest BCUT2D eigenvalue weighted by atomic mass is 10.1. The zero-order valence-corrected chi connectivity index (χ0v) is 21.4. The van der Waals surface area contributed by atoms with E-state index < -0.39 is 11.3 Å². The van der Waals surface area contributed by atoms with Gasteiger partial charge >= 0.3 is 0 Å². The fourth-order valence-electron chi connectivity index (χ4n) is 4.24. The number of primary amides is 1. The Balaban J connectivity index is 2.36. The van der Waals surface area contributed by atoms with E-state index in [4.69, 9.17) is 17.3 Å². The maximum Gasteiger partial charge on any atom is 0.235 e. The molecule has 34 heavy (non-hydrogen) atoms. The number of carbonyl (C=O) groups is 1. The number of unbranched alkanes of at least 4 members (excludes halogenated alkanes) is 8. The molecule has 194 valence electrons. The van der Waals surface area contributed by atoms with Gasteiger partial charge in [-0.15, -0.1) is 11.6 Å². The molecule has 0 aliphatic carbocycles. The normalized spacial score (nSPS) is 16.0. The fourth-order valence-corrected chi connectivity index (χ4v) is 4.39. The van der Waals surface area contributed by atoms with E-state index in [1.807, 2.05) is 0 Å². The van der Waals surface area contributed by atoms with E-state index in [1.165, 1.54) is 0 Å². The lowest BCUT2D eigenvalue weighted by Crippen LogP contribution is -2.55. The molecule has 0 saturated carbocycles. The van der Waals surface area contributed by atoms with E-state index in [2.05, 4.69) is 24.7 Å². The second-order valence-electron chi connectivity index (χ2n) is 9.10. The smallest absolute Gasteiger partial charge is 0.235 e. The van der Waals surface area contributed by atoms with E-state index in [-0.39, 0.29) is 0 Å². The molecular formula is C24H43ClN6O3. The van der Waals surface area contributed by atoms with Gasteiger partial charge in [0.05, 0.1) is 33.1 Å². The average Bonchev–Trinajstić information content (AvgIpc) is 2.82. The maximum absolute atomic E-state index is 11.1. The Hall–Kier alpha value is -1.60. The summed E-state index contributed by atoms with van der Waals surface area (Å²) in [6.07, 6.45) is 15.5. The van der Waals surface area contributed by atoms with Crippen molar-refractivity contribution in [3.8, 4) is 0 Å². The van der Waals surface area contributed by atoms with Crippen LogP contribution in [0.2, 0.25) is 0 Å². The van der Waals surface area contributed by atoms with E-state index in [9.17, 15) is 14.4 Å². The molecule has 0 aromatic rings. The van der Waals surface area contributed by atoms with Crippen molar-refractivity contribution < 1.29 is 14.4 Å². The highest BCUT2D eigenvalue weighted by Gasteiger charge is 2.22. The van der Waals surface area contributed by atoms with Gasteiger partial charge in [-0.3, -0.25) is 19.5 Å². The predicted octanol–water partition coefficient (Wildman–Crippen LogP) is 3.22. The van der Waals surface area contributed by atoms with Gasteiger partial charge in [0.15, 0.2) is 0 Å². The molecule has 1 fully saturated rings. The minimum atomic E-state index is -0.559. The standard InChI is InChI=1S/C24H43ClN6O3/c25-23(24(26)34)12-6-5-11-17-31-21-29(15-9-3-1-7-13-27-18-32)20-30(22-31)16-10-4-2-8-14-28-19-33/h23H,1-17,20-22H2,(H2,26,34). The Morgan fingerprint density at radius 1 is 0.706 bits per heavy atom. The van der Waals surface area contributed by atoms with Crippen LogP contribution in [0.25, 0.3) is 0 Å². The number of nitrogens with zero attached hydrogens (tertiary/aromatic N) is 5. The number of alkyl halides is 1. The van der Waals surface area contributed by atoms with Crippen LogP contribution in [0.5, 0.6) is 0 Å². The summed E-state index contributed by atoms with van der Waals surface area (Å²) in [6.45, 7) is 7.29. The van der Waals surface area contributed by atoms with Crippen molar-refractivity contribution >= 4 is 29.7 Å². The number of carbonyl (C=O) groups excluding carboxylic acids is 3. The molecule has 1 heterocycles. The third kappa shape index (κ3) is 16.1. The van der Waals surface area contributed by atoms with Gasteiger partial charge in [0.25, 0.3) is 0 Å². The zero-order chi connectivity index (χ0) is 24.9. The number of aliphatic imine (C=N–C) groups is 2. The molecule has 1 aliphatic rings. The highest BCUT2D eigenvalue weighted by molar-refractivity contribution is 6.30. The van der Waals surface area contributed by atoms with Gasteiger partial charge in [-0.2, -0.15) is 0 Å². The zero-order valence-electron chi connectivity index (χ0n) is 20.6. The molecule has 0 bridgehead atoms. The third-order valence-electron chi connectivity index (χ3n) is 6.06. The summed E-state index contributed by atoms with van der Waals surface area (Å²) < 4.78 is 0. The molecule has 1 amide bonds. The molecule has 1 unspecified atom stereocenters. The summed E-state index contributed by atoms with van der Waals surface area (Å²) in [4.78, 5) is 46.1. The Morgan fingerprint density at radius 3 is 1.47 bits per heavy atom. The Kier molecular flexibility index (Phi) is 18.6. The van der Waals surface area contributed by atoms with Gasteiger partial charge in [-0.1, -0.05) is 38.5 Å². The average molecular weight is 499 g/mol. The van der Waals surface area contributed by atoms with Crippen LogP contribution in [0.1, 0.15) is 77.0 Å². The largest absolute Gasteiger partial charge is 0.368 e. The highest BCUT2D eigenvalue weighted by Crippen LogP contribution is 2.14. The fraction of sp³-hybridized carbons (Fsp3) is 0.875. The molecule has 1 aliphatic heterocycles. The van der Waals surface area contributed by atoms with Crippen LogP contribution in [-0.2, 0) is 14.4 Å². The van der Waals surface area contributed by atoms with Crippen LogP contribution in [-0.4, -0.2) is 90.9 Å². The molecule has 1 atom stereocenters. The topological polar surface area (TPSA) is 112 Å². The van der Waals surface area contributed by atoms with Crippen molar-refractivity contribution in [2.45, 2.75) is 82.4 Å². The molecule has 0 radical (unpaired) electrons. The lowest BCUT2D eigenvalue weighted by molar-refractivity contribution is -0.117. The molecule has 2 N–H and O–H groups in total. The molecule has 9 nitrogen and oxygen atoms in total. The van der Waals surface area contributed by atoms with Crippen molar-refractivity contribution in [2.24, 2.45) is 15.7 Å². The number of rotatable bonds is 21. The highest BCUT2D eigenvalue weighted by atomic mass is 35.5. The number of isocyanates is 2. The summed E-state index contributed by atoms with van der Waals surface area (Å²) in [5.41, 5.74) is 5.23. The van der Waals surface area contributed by atoms with Crippen LogP contribution in [0.15, 0.2) is 9.98 Å². The van der Waals surface area contributed by atoms with Crippen molar-refractivity contribution in [2.75, 3.05) is 52.7 Å². The molecule has 0 aromatic carbocycles. The molecule has 10 heteroatoms. The summed E-state index contributed by atoms with van der Waals surface area (Å²) in [7, 11) is 0. The van der Waals surface area contributed by atoms with Crippen molar-refractivity contribution in [1.29, 1.82) is 0 Å². The maximum atomic E-state index is 11.1. The van der Waals surface area contributed by atoms with E-state index in [1.54, 1.807) is 12.2 Å². The minimum absolute atomic E-state index is 0.433. The first kappa shape index (κ1) is 30.4. The number of amides is 1. The lowest BCUT2D eigenvalue weighted by Gasteiger charge is -2.42. The van der Waals surface area contributed by atoms with Crippen LogP contribution >= 0.6 is 11.6 Å². The van der Waals surface area contributed by atoms with Gasteiger partial charge in [0.2, 0.25) is 18.1 Å². The Bertz CT molecular complexity index is 602. The third-order valence-corrected chi connectivity index (χ3v) is 6.49. The summed E-state index contributed by atoms with van der Waals surface area (Å²) in [5, 5.41) is -0.559. The molecule has 0 aromatic heterocycles. The molecule has 1 rings (SSSR count). The Labute approximate surface area is 209 Å². The molecule has 0 spiro atoms. The monoisotopic (exact) mass is 498 g/mol. The van der Waals surface area contributed by atoms with Crippen LogP contribution in [0.4, 0.5) is 0 Å². The summed E-state index contributed by atoms with van der Waals surface area (Å²) >= 11 is 5.93. The minimum Gasteiger partial charge on any atom is -0.368 e. The first-order chi connectivity index (χ1) is 16.6. The first-order valence-corrected chi connectivity index (χ1v) is 13.2. The van der Waals surface area contributed by atoms with Crippen molar-refractivity contribution in [1.82, 2.24) is 14.7 Å². The van der Waals surface area contributed by atoms with Crippen LogP contribution in [0.3, 0.4) is 0 Å². The predicted molar refractivity (Wildman–Crippen MR) is 135 cm³/mol.